The van der Waals surface area contributed by atoms with Gasteiger partial charge in [0.15, 0.2) is 5.03 Å². The van der Waals surface area contributed by atoms with Crippen molar-refractivity contribution in [1.82, 2.24) is 14.9 Å². The van der Waals surface area contributed by atoms with Crippen LogP contribution in [0, 0.1) is 5.41 Å². The van der Waals surface area contributed by atoms with Gasteiger partial charge < -0.3 is 5.73 Å². The first kappa shape index (κ1) is 14.5. The highest BCUT2D eigenvalue weighted by atomic mass is 32.2. The summed E-state index contributed by atoms with van der Waals surface area (Å²) in [6.07, 6.45) is 7.20. The first-order chi connectivity index (χ1) is 8.97. The zero-order chi connectivity index (χ0) is 13.9. The van der Waals surface area contributed by atoms with E-state index in [0.29, 0.717) is 12.1 Å². The van der Waals surface area contributed by atoms with Crippen LogP contribution in [0.2, 0.25) is 0 Å². The van der Waals surface area contributed by atoms with Gasteiger partial charge in [0.05, 0.1) is 6.20 Å². The van der Waals surface area contributed by atoms with Crippen LogP contribution in [0.4, 0.5) is 0 Å². The fourth-order valence-electron chi connectivity index (χ4n) is 2.60. The summed E-state index contributed by atoms with van der Waals surface area (Å²) < 4.78 is 27.1. The van der Waals surface area contributed by atoms with Crippen molar-refractivity contribution in [3.63, 3.8) is 0 Å². The van der Waals surface area contributed by atoms with Crippen LogP contribution in [0.25, 0.3) is 0 Å². The van der Waals surface area contributed by atoms with Crippen molar-refractivity contribution in [3.8, 4) is 0 Å². The number of nitrogens with two attached hydrogens (primary N) is 1. The quantitative estimate of drug-likeness (QED) is 0.755. The lowest BCUT2D eigenvalue weighted by Crippen LogP contribution is -2.37. The molecule has 0 amide bonds. The summed E-state index contributed by atoms with van der Waals surface area (Å²) >= 11 is 0. The van der Waals surface area contributed by atoms with Gasteiger partial charge in [0.25, 0.3) is 10.0 Å². The predicted octanol–water partition coefficient (Wildman–Crippen LogP) is 1.12. The highest BCUT2D eigenvalue weighted by Gasteiger charge is 2.29. The Balaban J connectivity index is 2.05. The van der Waals surface area contributed by atoms with Crippen molar-refractivity contribution in [2.24, 2.45) is 11.1 Å². The molecular formula is C12H22N4O2S. The van der Waals surface area contributed by atoms with E-state index in [1.807, 2.05) is 0 Å². The molecule has 1 aliphatic carbocycles. The Morgan fingerprint density at radius 1 is 1.42 bits per heavy atom. The van der Waals surface area contributed by atoms with Crippen molar-refractivity contribution < 1.29 is 8.42 Å². The molecule has 0 radical (unpaired) electrons. The Morgan fingerprint density at radius 3 is 2.74 bits per heavy atom. The minimum absolute atomic E-state index is 0.0637. The van der Waals surface area contributed by atoms with Gasteiger partial charge >= 0.3 is 0 Å². The maximum absolute atomic E-state index is 12.2. The van der Waals surface area contributed by atoms with E-state index in [-0.39, 0.29) is 17.0 Å². The molecule has 1 heterocycles. The minimum Gasteiger partial charge on any atom is -0.326 e. The van der Waals surface area contributed by atoms with Crippen molar-refractivity contribution in [2.45, 2.75) is 50.6 Å². The summed E-state index contributed by atoms with van der Waals surface area (Å²) in [5.41, 5.74) is 6.08. The van der Waals surface area contributed by atoms with E-state index >= 15 is 0 Å². The van der Waals surface area contributed by atoms with E-state index in [4.69, 9.17) is 5.73 Å². The second-order valence-corrected chi connectivity index (χ2v) is 7.33. The third-order valence-corrected chi connectivity index (χ3v) is 5.33. The molecule has 1 aromatic heterocycles. The average Bonchev–Trinajstić information content (AvgIpc) is 2.87. The summed E-state index contributed by atoms with van der Waals surface area (Å²) in [5.74, 6) is 0. The third kappa shape index (κ3) is 3.34. The Bertz CT molecular complexity index is 518. The average molecular weight is 286 g/mol. The molecule has 0 aliphatic heterocycles. The highest BCUT2D eigenvalue weighted by molar-refractivity contribution is 7.89. The van der Waals surface area contributed by atoms with Gasteiger partial charge in [-0.2, -0.15) is 5.10 Å². The first-order valence-electron chi connectivity index (χ1n) is 6.69. The number of hydrogen-bond acceptors (Lipinski definition) is 4. The van der Waals surface area contributed by atoms with E-state index < -0.39 is 10.0 Å². The normalized spacial score (nSPS) is 19.5. The van der Waals surface area contributed by atoms with Gasteiger partial charge in [-0.1, -0.05) is 26.2 Å². The zero-order valence-electron chi connectivity index (χ0n) is 11.3. The van der Waals surface area contributed by atoms with Gasteiger partial charge in [-0.3, -0.25) is 5.10 Å². The topological polar surface area (TPSA) is 101 Å². The predicted molar refractivity (Wildman–Crippen MR) is 72.9 cm³/mol. The van der Waals surface area contributed by atoms with Crippen molar-refractivity contribution in [3.05, 3.63) is 11.8 Å². The molecule has 0 unspecified atom stereocenters. The van der Waals surface area contributed by atoms with E-state index in [0.717, 1.165) is 12.8 Å². The van der Waals surface area contributed by atoms with Gasteiger partial charge in [-0.15, -0.1) is 0 Å². The number of sulfonamides is 1. The lowest BCUT2D eigenvalue weighted by atomic mass is 9.76. The standard InChI is InChI=1S/C12H22N4O2S/c1-12(5-3-2-4-6-12)9-15-19(17,18)11-10(7-13)8-14-16-11/h8,15H,2-7,9,13H2,1H3,(H,14,16). The van der Waals surface area contributed by atoms with Gasteiger partial charge in [-0.05, 0) is 18.3 Å². The summed E-state index contributed by atoms with van der Waals surface area (Å²) in [6, 6.07) is 0. The summed E-state index contributed by atoms with van der Waals surface area (Å²) in [4.78, 5) is 0. The summed E-state index contributed by atoms with van der Waals surface area (Å²) in [6.45, 7) is 2.77. The van der Waals surface area contributed by atoms with Crippen LogP contribution in [-0.2, 0) is 16.6 Å². The molecule has 0 atom stereocenters. The van der Waals surface area contributed by atoms with E-state index in [1.165, 1.54) is 25.5 Å². The number of aromatic amines is 1. The smallest absolute Gasteiger partial charge is 0.257 e. The lowest BCUT2D eigenvalue weighted by molar-refractivity contribution is 0.219. The number of hydrogen-bond donors (Lipinski definition) is 3. The van der Waals surface area contributed by atoms with Crippen molar-refractivity contribution in [2.75, 3.05) is 6.54 Å². The van der Waals surface area contributed by atoms with Crippen LogP contribution in [0.1, 0.15) is 44.6 Å². The van der Waals surface area contributed by atoms with Gasteiger partial charge in [0.2, 0.25) is 0 Å². The SMILES string of the molecule is CC1(CNS(=O)(=O)c2[nH]ncc2CN)CCCCC1. The fraction of sp³-hybridized carbons (Fsp3) is 0.750. The molecule has 108 valence electrons. The maximum atomic E-state index is 12.2. The summed E-state index contributed by atoms with van der Waals surface area (Å²) in [7, 11) is -3.55. The van der Waals surface area contributed by atoms with Crippen molar-refractivity contribution >= 4 is 10.0 Å². The molecule has 1 saturated carbocycles. The van der Waals surface area contributed by atoms with Crippen LogP contribution >= 0.6 is 0 Å². The van der Waals surface area contributed by atoms with Crippen LogP contribution in [0.15, 0.2) is 11.2 Å². The second kappa shape index (κ2) is 5.60. The van der Waals surface area contributed by atoms with Crippen LogP contribution < -0.4 is 10.5 Å². The Hall–Kier alpha value is -0.920. The molecular weight excluding hydrogens is 264 g/mol. The molecule has 0 saturated heterocycles. The lowest BCUT2D eigenvalue weighted by Gasteiger charge is -2.33. The molecule has 6 nitrogen and oxygen atoms in total. The second-order valence-electron chi connectivity index (χ2n) is 5.62. The number of nitrogens with one attached hydrogen (secondary N) is 2. The fourth-order valence-corrected chi connectivity index (χ4v) is 3.94. The number of aromatic nitrogens is 2. The molecule has 0 spiro atoms. The minimum atomic E-state index is -3.55. The third-order valence-electron chi connectivity index (χ3n) is 3.92. The molecule has 1 aliphatic rings. The van der Waals surface area contributed by atoms with Crippen LogP contribution in [0.3, 0.4) is 0 Å². The molecule has 4 N–H and O–H groups in total. The number of H-pyrrole nitrogens is 1. The molecule has 0 aromatic carbocycles. The monoisotopic (exact) mass is 286 g/mol. The van der Waals surface area contributed by atoms with Gasteiger partial charge in [0, 0.05) is 18.7 Å². The van der Waals surface area contributed by atoms with Crippen LogP contribution in [0.5, 0.6) is 0 Å². The maximum Gasteiger partial charge on any atom is 0.257 e. The molecule has 0 bridgehead atoms. The van der Waals surface area contributed by atoms with E-state index in [2.05, 4.69) is 21.8 Å². The Labute approximate surface area is 114 Å². The summed E-state index contributed by atoms with van der Waals surface area (Å²) in [5, 5.41) is 6.36. The van der Waals surface area contributed by atoms with E-state index in [1.54, 1.807) is 0 Å². The van der Waals surface area contributed by atoms with Gasteiger partial charge in [0.1, 0.15) is 0 Å². The molecule has 1 aromatic rings. The van der Waals surface area contributed by atoms with Gasteiger partial charge in [-0.25, -0.2) is 13.1 Å². The molecule has 1 fully saturated rings. The number of nitrogens with zero attached hydrogens (tertiary/aromatic N) is 1. The Kier molecular flexibility index (Phi) is 4.27. The van der Waals surface area contributed by atoms with Crippen LogP contribution in [-0.4, -0.2) is 25.2 Å². The highest BCUT2D eigenvalue weighted by Crippen LogP contribution is 2.35. The number of rotatable bonds is 5. The first-order valence-corrected chi connectivity index (χ1v) is 8.17. The van der Waals surface area contributed by atoms with Crippen molar-refractivity contribution in [1.29, 1.82) is 0 Å². The largest absolute Gasteiger partial charge is 0.326 e. The zero-order valence-corrected chi connectivity index (χ0v) is 12.1. The molecule has 19 heavy (non-hydrogen) atoms. The molecule has 7 heteroatoms. The molecule has 2 rings (SSSR count). The van der Waals surface area contributed by atoms with E-state index in [9.17, 15) is 8.42 Å². The Morgan fingerprint density at radius 2 is 2.11 bits per heavy atom.